The molecule has 0 saturated carbocycles. The van der Waals surface area contributed by atoms with E-state index >= 15 is 0 Å². The summed E-state index contributed by atoms with van der Waals surface area (Å²) in [7, 11) is -3.81. The Morgan fingerprint density at radius 3 is 1.92 bits per heavy atom. The number of halogens is 1. The summed E-state index contributed by atoms with van der Waals surface area (Å²) in [5.41, 5.74) is 1.35. The predicted molar refractivity (Wildman–Crippen MR) is 142 cm³/mol. The molecule has 0 aliphatic rings. The molecule has 0 saturated heterocycles. The van der Waals surface area contributed by atoms with Gasteiger partial charge in [-0.1, -0.05) is 45.0 Å². The Hall–Kier alpha value is -2.94. The summed E-state index contributed by atoms with van der Waals surface area (Å²) < 4.78 is 39.9. The number of benzene rings is 2. The Morgan fingerprint density at radius 1 is 0.944 bits per heavy atom. The van der Waals surface area contributed by atoms with Crippen molar-refractivity contribution in [3.05, 3.63) is 65.5 Å². The third kappa shape index (κ3) is 8.33. The first kappa shape index (κ1) is 29.3. The molecular formula is C27H38FN3O4S. The second-order valence-corrected chi connectivity index (χ2v) is 13.0. The van der Waals surface area contributed by atoms with E-state index in [-0.39, 0.29) is 17.9 Å². The number of hydrogen-bond acceptors (Lipinski definition) is 4. The minimum Gasteiger partial charge on any atom is -0.350 e. The fourth-order valence-electron chi connectivity index (χ4n) is 3.58. The summed E-state index contributed by atoms with van der Waals surface area (Å²) in [4.78, 5) is 27.8. The molecule has 0 spiro atoms. The minimum absolute atomic E-state index is 0.0123. The monoisotopic (exact) mass is 519 g/mol. The average Bonchev–Trinajstić information content (AvgIpc) is 2.74. The van der Waals surface area contributed by atoms with Gasteiger partial charge in [0.15, 0.2) is 0 Å². The lowest BCUT2D eigenvalue weighted by Gasteiger charge is -2.33. The molecule has 36 heavy (non-hydrogen) atoms. The van der Waals surface area contributed by atoms with E-state index in [0.29, 0.717) is 11.3 Å². The van der Waals surface area contributed by atoms with Crippen LogP contribution in [0.1, 0.15) is 59.6 Å². The number of hydrogen-bond donors (Lipinski definition) is 1. The molecule has 198 valence electrons. The summed E-state index contributed by atoms with van der Waals surface area (Å²) in [6.45, 7) is 12.8. The molecule has 1 atom stereocenters. The molecule has 0 fully saturated rings. The van der Waals surface area contributed by atoms with Crippen molar-refractivity contribution in [2.45, 2.75) is 72.0 Å². The molecule has 0 aliphatic heterocycles. The zero-order valence-corrected chi connectivity index (χ0v) is 23.2. The van der Waals surface area contributed by atoms with Crippen LogP contribution in [0.25, 0.3) is 0 Å². The summed E-state index contributed by atoms with van der Waals surface area (Å²) >= 11 is 0. The van der Waals surface area contributed by atoms with Crippen molar-refractivity contribution >= 4 is 27.5 Å². The van der Waals surface area contributed by atoms with Crippen molar-refractivity contribution in [3.63, 3.8) is 0 Å². The Bertz CT molecular complexity index is 1170. The van der Waals surface area contributed by atoms with Crippen LogP contribution < -0.4 is 9.62 Å². The van der Waals surface area contributed by atoms with Crippen LogP contribution in [0, 0.1) is 5.82 Å². The fraction of sp³-hybridized carbons (Fsp3) is 0.481. The first-order valence-corrected chi connectivity index (χ1v) is 13.7. The molecule has 2 aromatic carbocycles. The summed E-state index contributed by atoms with van der Waals surface area (Å²) in [6.07, 6.45) is 1.04. The average molecular weight is 520 g/mol. The lowest BCUT2D eigenvalue weighted by atomic mass is 9.87. The maximum Gasteiger partial charge on any atom is 0.244 e. The van der Waals surface area contributed by atoms with Gasteiger partial charge in [-0.25, -0.2) is 12.8 Å². The summed E-state index contributed by atoms with van der Waals surface area (Å²) in [6, 6.07) is 11.7. The Morgan fingerprint density at radius 2 is 1.47 bits per heavy atom. The molecule has 0 heterocycles. The highest BCUT2D eigenvalue weighted by atomic mass is 32.2. The van der Waals surface area contributed by atoms with Gasteiger partial charge in [0.05, 0.1) is 11.9 Å². The third-order valence-electron chi connectivity index (χ3n) is 5.63. The number of nitrogens with zero attached hydrogens (tertiary/aromatic N) is 2. The van der Waals surface area contributed by atoms with Gasteiger partial charge in [0.1, 0.15) is 18.4 Å². The van der Waals surface area contributed by atoms with E-state index in [1.54, 1.807) is 19.1 Å². The third-order valence-corrected chi connectivity index (χ3v) is 6.77. The molecule has 7 nitrogen and oxygen atoms in total. The number of anilines is 1. The summed E-state index contributed by atoms with van der Waals surface area (Å²) in [5, 5.41) is 2.86. The van der Waals surface area contributed by atoms with E-state index in [0.717, 1.165) is 16.1 Å². The predicted octanol–water partition coefficient (Wildman–Crippen LogP) is 4.22. The van der Waals surface area contributed by atoms with E-state index in [1.165, 1.54) is 29.2 Å². The molecule has 2 aromatic rings. The van der Waals surface area contributed by atoms with Crippen LogP contribution in [0.2, 0.25) is 0 Å². The van der Waals surface area contributed by atoms with Crippen molar-refractivity contribution < 1.29 is 22.4 Å². The van der Waals surface area contributed by atoms with Crippen molar-refractivity contribution in [2.24, 2.45) is 0 Å². The number of carbonyl (C=O) groups excluding carboxylic acids is 2. The second kappa shape index (κ2) is 11.0. The van der Waals surface area contributed by atoms with Gasteiger partial charge in [-0.3, -0.25) is 13.9 Å². The van der Waals surface area contributed by atoms with Crippen LogP contribution in [-0.4, -0.2) is 49.5 Å². The van der Waals surface area contributed by atoms with Crippen LogP contribution in [-0.2, 0) is 31.6 Å². The van der Waals surface area contributed by atoms with Gasteiger partial charge in [-0.05, 0) is 68.5 Å². The zero-order valence-electron chi connectivity index (χ0n) is 22.4. The maximum atomic E-state index is 13.5. The van der Waals surface area contributed by atoms with Crippen molar-refractivity contribution in [1.29, 1.82) is 0 Å². The molecule has 2 rings (SSSR count). The standard InChI is InChI=1S/C27H38FN3O4S/c1-19(25(33)29-27(5,6)7)30(17-20-9-13-22(28)14-10-20)24(32)18-31(36(8,34)35)23-15-11-21(12-16-23)26(2,3)4/h9-16,19H,17-18H2,1-8H3,(H,29,33)/t19-/m0/s1. The number of nitrogens with one attached hydrogen (secondary N) is 1. The number of rotatable bonds is 8. The molecule has 1 N–H and O–H groups in total. The fourth-order valence-corrected chi connectivity index (χ4v) is 4.43. The quantitative estimate of drug-likeness (QED) is 0.566. The first-order valence-electron chi connectivity index (χ1n) is 11.8. The lowest BCUT2D eigenvalue weighted by molar-refractivity contribution is -0.140. The van der Waals surface area contributed by atoms with Crippen LogP contribution >= 0.6 is 0 Å². The van der Waals surface area contributed by atoms with E-state index < -0.39 is 39.9 Å². The van der Waals surface area contributed by atoms with Gasteiger partial charge in [0, 0.05) is 12.1 Å². The van der Waals surface area contributed by atoms with Crippen LogP contribution in [0.3, 0.4) is 0 Å². The molecule has 0 unspecified atom stereocenters. The molecule has 9 heteroatoms. The van der Waals surface area contributed by atoms with Crippen LogP contribution in [0.4, 0.5) is 10.1 Å². The number of sulfonamides is 1. The van der Waals surface area contributed by atoms with Crippen molar-refractivity contribution in [2.75, 3.05) is 17.1 Å². The molecule has 0 aliphatic carbocycles. The number of carbonyl (C=O) groups is 2. The lowest BCUT2D eigenvalue weighted by Crippen LogP contribution is -2.54. The summed E-state index contributed by atoms with van der Waals surface area (Å²) in [5.74, 6) is -1.35. The molecule has 2 amide bonds. The molecule has 0 bridgehead atoms. The van der Waals surface area contributed by atoms with Crippen molar-refractivity contribution in [3.8, 4) is 0 Å². The Balaban J connectivity index is 2.41. The highest BCUT2D eigenvalue weighted by Gasteiger charge is 2.31. The number of amides is 2. The van der Waals surface area contributed by atoms with E-state index in [9.17, 15) is 22.4 Å². The van der Waals surface area contributed by atoms with E-state index in [2.05, 4.69) is 26.1 Å². The highest BCUT2D eigenvalue weighted by molar-refractivity contribution is 7.92. The van der Waals surface area contributed by atoms with Crippen LogP contribution in [0.5, 0.6) is 0 Å². The normalized spacial score (nSPS) is 13.1. The largest absolute Gasteiger partial charge is 0.350 e. The van der Waals surface area contributed by atoms with Gasteiger partial charge in [-0.15, -0.1) is 0 Å². The Kier molecular flexibility index (Phi) is 8.94. The molecule has 0 aromatic heterocycles. The maximum absolute atomic E-state index is 13.5. The Labute approximate surface area is 214 Å². The van der Waals surface area contributed by atoms with Gasteiger partial charge >= 0.3 is 0 Å². The van der Waals surface area contributed by atoms with E-state index in [4.69, 9.17) is 0 Å². The van der Waals surface area contributed by atoms with Crippen LogP contribution in [0.15, 0.2) is 48.5 Å². The molecule has 0 radical (unpaired) electrons. The van der Waals surface area contributed by atoms with Gasteiger partial charge in [0.25, 0.3) is 0 Å². The highest BCUT2D eigenvalue weighted by Crippen LogP contribution is 2.26. The van der Waals surface area contributed by atoms with Gasteiger partial charge in [0.2, 0.25) is 21.8 Å². The zero-order chi connectivity index (χ0) is 27.5. The smallest absolute Gasteiger partial charge is 0.244 e. The van der Waals surface area contributed by atoms with Gasteiger partial charge in [-0.2, -0.15) is 0 Å². The first-order chi connectivity index (χ1) is 16.4. The van der Waals surface area contributed by atoms with E-state index in [1.807, 2.05) is 32.9 Å². The minimum atomic E-state index is -3.81. The topological polar surface area (TPSA) is 86.8 Å². The van der Waals surface area contributed by atoms with Crippen molar-refractivity contribution in [1.82, 2.24) is 10.2 Å². The molecular weight excluding hydrogens is 481 g/mol. The second-order valence-electron chi connectivity index (χ2n) is 11.1. The van der Waals surface area contributed by atoms with Gasteiger partial charge < -0.3 is 10.2 Å². The SMILES string of the molecule is C[C@@H](C(=O)NC(C)(C)C)N(Cc1ccc(F)cc1)C(=O)CN(c1ccc(C(C)(C)C)cc1)S(C)(=O)=O.